The van der Waals surface area contributed by atoms with Crippen molar-refractivity contribution in [3.05, 3.63) is 22.2 Å². The molecule has 1 atom stereocenters. The van der Waals surface area contributed by atoms with E-state index >= 15 is 0 Å². The summed E-state index contributed by atoms with van der Waals surface area (Å²) in [4.78, 5) is 40.1. The Hall–Kier alpha value is -2.05. The summed E-state index contributed by atoms with van der Waals surface area (Å²) in [6, 6.07) is 1.44. The average molecular weight is 365 g/mol. The molecule has 1 N–H and O–H groups in total. The van der Waals surface area contributed by atoms with Crippen LogP contribution in [0.4, 0.5) is 0 Å². The second kappa shape index (κ2) is 8.56. The molecular weight excluding hydrogens is 334 g/mol. The highest BCUT2D eigenvalue weighted by atomic mass is 16.5. The van der Waals surface area contributed by atoms with E-state index in [9.17, 15) is 14.4 Å². The third kappa shape index (κ3) is 4.99. The maximum absolute atomic E-state index is 12.6. The zero-order valence-electron chi connectivity index (χ0n) is 15.0. The lowest BCUT2D eigenvalue weighted by atomic mass is 10.0. The monoisotopic (exact) mass is 365 g/mol. The number of aryl methyl sites for hydroxylation is 1. The lowest BCUT2D eigenvalue weighted by molar-refractivity contribution is -0.134. The number of aromatic nitrogens is 1. The van der Waals surface area contributed by atoms with Gasteiger partial charge >= 0.3 is 0 Å². The Balaban J connectivity index is 0.00000243. The Kier molecular flexibility index (Phi) is 6.67. The van der Waals surface area contributed by atoms with Crippen LogP contribution < -0.4 is 5.56 Å². The van der Waals surface area contributed by atoms with Gasteiger partial charge in [0.15, 0.2) is 0 Å². The first-order valence-electron chi connectivity index (χ1n) is 9.18. The summed E-state index contributed by atoms with van der Waals surface area (Å²) in [7, 11) is 0. The Bertz CT molecular complexity index is 674. The molecule has 2 heterocycles. The van der Waals surface area contributed by atoms with Crippen LogP contribution in [0.1, 0.15) is 52.7 Å². The van der Waals surface area contributed by atoms with Crippen LogP contribution in [0.25, 0.3) is 0 Å². The van der Waals surface area contributed by atoms with E-state index < -0.39 is 0 Å². The third-order valence-electron chi connectivity index (χ3n) is 5.16. The molecule has 2 amide bonds. The first kappa shape index (κ1) is 20.3. The lowest BCUT2D eigenvalue weighted by Gasteiger charge is -2.34. The molecule has 0 aromatic carbocycles. The van der Waals surface area contributed by atoms with Gasteiger partial charge in [-0.1, -0.05) is 21.3 Å². The second-order valence-corrected chi connectivity index (χ2v) is 7.57. The minimum Gasteiger partial charge on any atom is -0.384 e. The van der Waals surface area contributed by atoms with E-state index in [4.69, 9.17) is 4.52 Å². The van der Waals surface area contributed by atoms with Crippen molar-refractivity contribution >= 4 is 11.8 Å². The fourth-order valence-electron chi connectivity index (χ4n) is 3.42. The number of amides is 2. The van der Waals surface area contributed by atoms with Crippen molar-refractivity contribution in [2.45, 2.75) is 59.4 Å². The maximum atomic E-state index is 12.6. The summed E-state index contributed by atoms with van der Waals surface area (Å²) in [5, 5.41) is 2.23. The van der Waals surface area contributed by atoms with Gasteiger partial charge in [-0.05, 0) is 24.7 Å². The Labute approximate surface area is 154 Å². The Morgan fingerprint density at radius 1 is 1.35 bits per heavy atom. The summed E-state index contributed by atoms with van der Waals surface area (Å²) in [5.74, 6) is 1.61. The number of rotatable bonds is 6. The van der Waals surface area contributed by atoms with Crippen LogP contribution in [0.15, 0.2) is 15.4 Å². The number of carbonyl (C=O) groups is 2. The van der Waals surface area contributed by atoms with Gasteiger partial charge in [0.25, 0.3) is 5.56 Å². The molecule has 1 aromatic heterocycles. The van der Waals surface area contributed by atoms with E-state index in [-0.39, 0.29) is 37.3 Å². The predicted octanol–water partition coefficient (Wildman–Crippen LogP) is 2.03. The van der Waals surface area contributed by atoms with E-state index in [0.717, 1.165) is 6.54 Å². The zero-order chi connectivity index (χ0) is 18.0. The molecule has 1 saturated carbocycles. The molecular formula is C19H31N3O4. The molecule has 0 bridgehead atoms. The molecule has 7 nitrogen and oxygen atoms in total. The fraction of sp³-hybridized carbons (Fsp3) is 0.737. The number of aromatic amines is 1. The molecule has 1 aliphatic heterocycles. The maximum Gasteiger partial charge on any atom is 0.280 e. The molecule has 1 saturated heterocycles. The molecule has 1 aromatic rings. The van der Waals surface area contributed by atoms with E-state index in [0.29, 0.717) is 43.5 Å². The minimum atomic E-state index is -0.293. The number of carbonyl (C=O) groups excluding carboxylic acids is 2. The first-order chi connectivity index (χ1) is 11.9. The summed E-state index contributed by atoms with van der Waals surface area (Å²) < 4.78 is 5.00. The predicted molar refractivity (Wildman–Crippen MR) is 98.6 cm³/mol. The molecule has 1 aliphatic carbocycles. The summed E-state index contributed by atoms with van der Waals surface area (Å²) in [5.41, 5.74) is -0.293. The second-order valence-electron chi connectivity index (χ2n) is 7.57. The molecule has 1 unspecified atom stereocenters. The average Bonchev–Trinajstić information content (AvgIpc) is 3.32. The van der Waals surface area contributed by atoms with Crippen molar-refractivity contribution in [1.29, 1.82) is 0 Å². The molecule has 0 spiro atoms. The van der Waals surface area contributed by atoms with Gasteiger partial charge in [-0.25, -0.2) is 0 Å². The highest BCUT2D eigenvalue weighted by Gasteiger charge is 2.36. The van der Waals surface area contributed by atoms with E-state index in [1.54, 1.807) is 4.90 Å². The van der Waals surface area contributed by atoms with Gasteiger partial charge < -0.3 is 14.3 Å². The van der Waals surface area contributed by atoms with Crippen LogP contribution in [-0.4, -0.2) is 52.4 Å². The SMILES string of the molecule is C.CC(C)C1CN(C(=O)CCc2cc(=O)[nH]o2)CCC(=O)N1CC1CC1. The molecule has 146 valence electrons. The van der Waals surface area contributed by atoms with Gasteiger partial charge in [0, 0.05) is 45.0 Å². The minimum absolute atomic E-state index is 0. The smallest absolute Gasteiger partial charge is 0.280 e. The van der Waals surface area contributed by atoms with Crippen LogP contribution in [0.2, 0.25) is 0 Å². The van der Waals surface area contributed by atoms with Gasteiger partial charge in [0.05, 0.1) is 6.04 Å². The Morgan fingerprint density at radius 3 is 2.65 bits per heavy atom. The quantitative estimate of drug-likeness (QED) is 0.836. The van der Waals surface area contributed by atoms with Crippen LogP contribution in [-0.2, 0) is 16.0 Å². The van der Waals surface area contributed by atoms with Crippen LogP contribution in [0, 0.1) is 11.8 Å². The van der Waals surface area contributed by atoms with Gasteiger partial charge in [0.2, 0.25) is 11.8 Å². The normalized spacial score (nSPS) is 20.9. The Morgan fingerprint density at radius 2 is 2.08 bits per heavy atom. The van der Waals surface area contributed by atoms with E-state index in [1.165, 1.54) is 18.9 Å². The van der Waals surface area contributed by atoms with Crippen molar-refractivity contribution in [2.24, 2.45) is 11.8 Å². The van der Waals surface area contributed by atoms with Crippen molar-refractivity contribution < 1.29 is 14.1 Å². The number of hydrogen-bond donors (Lipinski definition) is 1. The van der Waals surface area contributed by atoms with E-state index in [2.05, 4.69) is 19.0 Å². The largest absolute Gasteiger partial charge is 0.384 e. The van der Waals surface area contributed by atoms with Gasteiger partial charge in [-0.3, -0.25) is 14.4 Å². The standard InChI is InChI=1S/C18H27N3O4.CH4/c1-12(2)15-11-20(8-7-18(24)21(15)10-13-3-4-13)17(23)6-5-14-9-16(22)19-25-14;/h9,12-13,15H,3-8,10-11H2,1-2H3,(H,19,22);1H4. The van der Waals surface area contributed by atoms with Crippen LogP contribution in [0.5, 0.6) is 0 Å². The molecule has 2 aliphatic rings. The summed E-state index contributed by atoms with van der Waals surface area (Å²) >= 11 is 0. The first-order valence-corrected chi connectivity index (χ1v) is 9.18. The van der Waals surface area contributed by atoms with Gasteiger partial charge in [-0.2, -0.15) is 5.16 Å². The van der Waals surface area contributed by atoms with Crippen LogP contribution >= 0.6 is 0 Å². The van der Waals surface area contributed by atoms with Crippen molar-refractivity contribution in [2.75, 3.05) is 19.6 Å². The highest BCUT2D eigenvalue weighted by Crippen LogP contribution is 2.32. The molecule has 3 rings (SSSR count). The molecule has 26 heavy (non-hydrogen) atoms. The zero-order valence-corrected chi connectivity index (χ0v) is 15.0. The van der Waals surface area contributed by atoms with Gasteiger partial charge in [-0.15, -0.1) is 0 Å². The fourth-order valence-corrected chi connectivity index (χ4v) is 3.42. The van der Waals surface area contributed by atoms with Gasteiger partial charge in [0.1, 0.15) is 5.76 Å². The van der Waals surface area contributed by atoms with Crippen molar-refractivity contribution in [3.8, 4) is 0 Å². The summed E-state index contributed by atoms with van der Waals surface area (Å²) in [6.07, 6.45) is 3.47. The number of nitrogens with one attached hydrogen (secondary N) is 1. The molecule has 0 radical (unpaired) electrons. The molecule has 2 fully saturated rings. The molecule has 7 heteroatoms. The highest BCUT2D eigenvalue weighted by molar-refractivity contribution is 5.80. The number of hydrogen-bond acceptors (Lipinski definition) is 4. The topological polar surface area (TPSA) is 86.6 Å². The van der Waals surface area contributed by atoms with E-state index in [1.807, 2.05) is 4.90 Å². The van der Waals surface area contributed by atoms with Crippen molar-refractivity contribution in [1.82, 2.24) is 15.0 Å². The third-order valence-corrected chi connectivity index (χ3v) is 5.16. The number of nitrogens with zero attached hydrogens (tertiary/aromatic N) is 2. The lowest BCUT2D eigenvalue weighted by Crippen LogP contribution is -2.48. The van der Waals surface area contributed by atoms with Crippen molar-refractivity contribution in [3.63, 3.8) is 0 Å². The number of H-pyrrole nitrogens is 1. The summed E-state index contributed by atoms with van der Waals surface area (Å²) in [6.45, 7) is 6.12. The van der Waals surface area contributed by atoms with Crippen LogP contribution in [0.3, 0.4) is 0 Å².